The highest BCUT2D eigenvalue weighted by molar-refractivity contribution is 5.98. The highest BCUT2D eigenvalue weighted by atomic mass is 16.1. The Morgan fingerprint density at radius 3 is 2.62 bits per heavy atom. The monoisotopic (exact) mass is 278 g/mol. The number of aromatic nitrogens is 2. The molecule has 2 aromatic carbocycles. The van der Waals surface area contributed by atoms with Crippen LogP contribution in [0.1, 0.15) is 12.5 Å². The summed E-state index contributed by atoms with van der Waals surface area (Å²) in [6.45, 7) is 1.89. The molecule has 0 spiro atoms. The summed E-state index contributed by atoms with van der Waals surface area (Å²) in [5.41, 5.74) is 5.07. The van der Waals surface area contributed by atoms with E-state index in [1.165, 1.54) is 0 Å². The summed E-state index contributed by atoms with van der Waals surface area (Å²) in [4.78, 5) is 18.9. The van der Waals surface area contributed by atoms with Crippen LogP contribution in [0.2, 0.25) is 0 Å². The summed E-state index contributed by atoms with van der Waals surface area (Å²) >= 11 is 0. The molecule has 0 unspecified atom stereocenters. The number of hydrazone groups is 1. The molecule has 5 heteroatoms. The van der Waals surface area contributed by atoms with Crippen LogP contribution in [0.5, 0.6) is 0 Å². The first-order valence-corrected chi connectivity index (χ1v) is 6.59. The zero-order valence-corrected chi connectivity index (χ0v) is 11.5. The summed E-state index contributed by atoms with van der Waals surface area (Å²) in [6, 6.07) is 17.0. The summed E-state index contributed by atoms with van der Waals surface area (Å²) in [5.74, 6) is 0.328. The van der Waals surface area contributed by atoms with Gasteiger partial charge >= 0.3 is 0 Å². The van der Waals surface area contributed by atoms with Crippen molar-refractivity contribution in [2.45, 2.75) is 6.92 Å². The molecular formula is C16H14N4O. The van der Waals surface area contributed by atoms with E-state index in [1.807, 2.05) is 49.4 Å². The van der Waals surface area contributed by atoms with Gasteiger partial charge in [-0.1, -0.05) is 42.5 Å². The minimum atomic E-state index is -0.185. The Hall–Kier alpha value is -2.95. The molecule has 0 saturated heterocycles. The molecule has 1 heterocycles. The van der Waals surface area contributed by atoms with E-state index >= 15 is 0 Å². The molecule has 0 bridgehead atoms. The molecule has 0 saturated carbocycles. The Balaban J connectivity index is 1.90. The van der Waals surface area contributed by atoms with E-state index in [1.54, 1.807) is 12.1 Å². The van der Waals surface area contributed by atoms with Crippen molar-refractivity contribution in [3.8, 4) is 0 Å². The van der Waals surface area contributed by atoms with Crippen molar-refractivity contribution in [2.75, 3.05) is 5.43 Å². The van der Waals surface area contributed by atoms with Gasteiger partial charge in [0.25, 0.3) is 5.56 Å². The van der Waals surface area contributed by atoms with Crippen LogP contribution in [0, 0.1) is 0 Å². The normalized spacial score (nSPS) is 11.6. The number of nitrogens with zero attached hydrogens (tertiary/aromatic N) is 2. The van der Waals surface area contributed by atoms with Crippen LogP contribution in [-0.2, 0) is 0 Å². The molecule has 0 aliphatic carbocycles. The van der Waals surface area contributed by atoms with Gasteiger partial charge in [0, 0.05) is 0 Å². The molecule has 0 fully saturated rings. The Morgan fingerprint density at radius 1 is 1.10 bits per heavy atom. The number of hydrogen-bond donors (Lipinski definition) is 2. The van der Waals surface area contributed by atoms with Gasteiger partial charge in [0.05, 0.1) is 16.6 Å². The summed E-state index contributed by atoms with van der Waals surface area (Å²) < 4.78 is 0. The average molecular weight is 278 g/mol. The second-order valence-electron chi connectivity index (χ2n) is 4.61. The van der Waals surface area contributed by atoms with E-state index in [0.29, 0.717) is 16.9 Å². The smallest absolute Gasteiger partial charge is 0.260 e. The van der Waals surface area contributed by atoms with Gasteiger partial charge in [0.1, 0.15) is 0 Å². The second kappa shape index (κ2) is 5.58. The van der Waals surface area contributed by atoms with Crippen LogP contribution >= 0.6 is 0 Å². The van der Waals surface area contributed by atoms with Crippen LogP contribution in [0.3, 0.4) is 0 Å². The van der Waals surface area contributed by atoms with E-state index in [-0.39, 0.29) is 5.56 Å². The van der Waals surface area contributed by atoms with E-state index < -0.39 is 0 Å². The molecule has 5 nitrogen and oxygen atoms in total. The van der Waals surface area contributed by atoms with E-state index in [0.717, 1.165) is 11.3 Å². The molecule has 21 heavy (non-hydrogen) atoms. The number of hydrogen-bond acceptors (Lipinski definition) is 4. The number of nitrogens with one attached hydrogen (secondary N) is 2. The lowest BCUT2D eigenvalue weighted by Gasteiger charge is -2.04. The summed E-state index contributed by atoms with van der Waals surface area (Å²) in [6.07, 6.45) is 0. The first-order chi connectivity index (χ1) is 10.2. The van der Waals surface area contributed by atoms with E-state index in [4.69, 9.17) is 0 Å². The zero-order valence-electron chi connectivity index (χ0n) is 11.5. The van der Waals surface area contributed by atoms with Gasteiger partial charge in [-0.05, 0) is 24.6 Å². The van der Waals surface area contributed by atoms with Crippen LogP contribution < -0.4 is 11.0 Å². The average Bonchev–Trinajstić information content (AvgIpc) is 2.53. The van der Waals surface area contributed by atoms with Crippen LogP contribution in [0.25, 0.3) is 10.9 Å². The Labute approximate surface area is 121 Å². The first kappa shape index (κ1) is 13.1. The van der Waals surface area contributed by atoms with Gasteiger partial charge in [-0.25, -0.2) is 10.4 Å². The SMILES string of the molecule is C/C(=N\Nc1nc2ccccc2c(=O)[nH]1)c1ccccc1. The number of H-pyrrole nitrogens is 1. The second-order valence-corrected chi connectivity index (χ2v) is 4.61. The van der Waals surface area contributed by atoms with Gasteiger partial charge in [-0.2, -0.15) is 5.10 Å². The highest BCUT2D eigenvalue weighted by Crippen LogP contribution is 2.08. The fourth-order valence-electron chi connectivity index (χ4n) is 2.02. The highest BCUT2D eigenvalue weighted by Gasteiger charge is 2.02. The lowest BCUT2D eigenvalue weighted by molar-refractivity contribution is 1.12. The molecule has 0 atom stereocenters. The molecule has 0 aliphatic rings. The molecule has 0 radical (unpaired) electrons. The molecule has 1 aromatic heterocycles. The fourth-order valence-corrected chi connectivity index (χ4v) is 2.02. The number of aromatic amines is 1. The van der Waals surface area contributed by atoms with Crippen molar-refractivity contribution < 1.29 is 0 Å². The maximum atomic E-state index is 11.9. The summed E-state index contributed by atoms with van der Waals surface area (Å²) in [5, 5.41) is 4.81. The minimum absolute atomic E-state index is 0.185. The van der Waals surface area contributed by atoms with Crippen LogP contribution in [0.4, 0.5) is 5.95 Å². The summed E-state index contributed by atoms with van der Waals surface area (Å²) in [7, 11) is 0. The van der Waals surface area contributed by atoms with E-state index in [2.05, 4.69) is 20.5 Å². The molecular weight excluding hydrogens is 264 g/mol. The zero-order chi connectivity index (χ0) is 14.7. The van der Waals surface area contributed by atoms with Gasteiger partial charge < -0.3 is 0 Å². The largest absolute Gasteiger partial charge is 0.291 e. The van der Waals surface area contributed by atoms with Crippen molar-refractivity contribution >= 4 is 22.6 Å². The quantitative estimate of drug-likeness (QED) is 0.571. The van der Waals surface area contributed by atoms with Gasteiger partial charge in [0.2, 0.25) is 5.95 Å². The lowest BCUT2D eigenvalue weighted by Crippen LogP contribution is -2.11. The molecule has 104 valence electrons. The van der Waals surface area contributed by atoms with Gasteiger partial charge in [-0.15, -0.1) is 0 Å². The maximum Gasteiger partial charge on any atom is 0.260 e. The molecule has 0 amide bonds. The molecule has 3 aromatic rings. The Bertz CT molecular complexity index is 853. The van der Waals surface area contributed by atoms with Gasteiger partial charge in [0.15, 0.2) is 0 Å². The van der Waals surface area contributed by atoms with Crippen molar-refractivity contribution in [1.82, 2.24) is 9.97 Å². The topological polar surface area (TPSA) is 70.1 Å². The first-order valence-electron chi connectivity index (χ1n) is 6.59. The number of rotatable bonds is 3. The lowest BCUT2D eigenvalue weighted by atomic mass is 10.1. The molecule has 0 aliphatic heterocycles. The third kappa shape index (κ3) is 2.81. The van der Waals surface area contributed by atoms with Crippen LogP contribution in [-0.4, -0.2) is 15.7 Å². The Kier molecular flexibility index (Phi) is 3.47. The van der Waals surface area contributed by atoms with Crippen molar-refractivity contribution in [1.29, 1.82) is 0 Å². The molecule has 2 N–H and O–H groups in total. The number of benzene rings is 2. The minimum Gasteiger partial charge on any atom is -0.291 e. The predicted molar refractivity (Wildman–Crippen MR) is 84.6 cm³/mol. The predicted octanol–water partition coefficient (Wildman–Crippen LogP) is 2.76. The Morgan fingerprint density at radius 2 is 1.81 bits per heavy atom. The number of anilines is 1. The van der Waals surface area contributed by atoms with E-state index in [9.17, 15) is 4.79 Å². The van der Waals surface area contributed by atoms with Crippen molar-refractivity contribution in [2.24, 2.45) is 5.10 Å². The van der Waals surface area contributed by atoms with Crippen LogP contribution in [0.15, 0.2) is 64.5 Å². The maximum absolute atomic E-state index is 11.9. The fraction of sp³-hybridized carbons (Fsp3) is 0.0625. The molecule has 3 rings (SSSR count). The number of fused-ring (bicyclic) bond motifs is 1. The third-order valence-corrected chi connectivity index (χ3v) is 3.13. The number of para-hydroxylation sites is 1. The third-order valence-electron chi connectivity index (χ3n) is 3.13. The van der Waals surface area contributed by atoms with Crippen molar-refractivity contribution in [3.63, 3.8) is 0 Å². The van der Waals surface area contributed by atoms with Crippen molar-refractivity contribution in [3.05, 3.63) is 70.5 Å². The standard InChI is InChI=1S/C16H14N4O/c1-11(12-7-3-2-4-8-12)19-20-16-17-14-10-6-5-9-13(14)15(21)18-16/h2-10H,1H3,(H2,17,18,20,21)/b19-11+. The van der Waals surface area contributed by atoms with Gasteiger partial charge in [-0.3, -0.25) is 9.78 Å².